The molecule has 13 heavy (non-hydrogen) atoms. The van der Waals surface area contributed by atoms with Crippen molar-refractivity contribution in [1.29, 1.82) is 0 Å². The Labute approximate surface area is 78.0 Å². The van der Waals surface area contributed by atoms with Crippen molar-refractivity contribution in [1.82, 2.24) is 0 Å². The van der Waals surface area contributed by atoms with Gasteiger partial charge in [0.2, 0.25) is 0 Å². The van der Waals surface area contributed by atoms with Gasteiger partial charge in [0.05, 0.1) is 21.3 Å². The zero-order chi connectivity index (χ0) is 9.42. The summed E-state index contributed by atoms with van der Waals surface area (Å²) in [6.45, 7) is 0. The van der Waals surface area contributed by atoms with E-state index in [4.69, 9.17) is 14.2 Å². The molecule has 72 valence electrons. The molecule has 0 bridgehead atoms. The summed E-state index contributed by atoms with van der Waals surface area (Å²) in [5, 5.41) is 0. The number of allylic oxidation sites excluding steroid dienone is 3. The maximum absolute atomic E-state index is 5.30. The highest BCUT2D eigenvalue weighted by Crippen LogP contribution is 2.53. The van der Waals surface area contributed by atoms with E-state index < -0.39 is 0 Å². The Morgan fingerprint density at radius 1 is 1.08 bits per heavy atom. The molecular formula is C10H14O3. The minimum Gasteiger partial charge on any atom is -0.501 e. The first-order valence-corrected chi connectivity index (χ1v) is 4.39. The molecule has 2 rings (SSSR count). The SMILES string of the molecule is COC1=CC(OC)=C(OC)[C@H]2CC12. The molecule has 0 aromatic heterocycles. The Morgan fingerprint density at radius 2 is 1.85 bits per heavy atom. The van der Waals surface area contributed by atoms with Crippen molar-refractivity contribution < 1.29 is 14.2 Å². The first kappa shape index (κ1) is 8.48. The van der Waals surface area contributed by atoms with Crippen molar-refractivity contribution >= 4 is 0 Å². The van der Waals surface area contributed by atoms with E-state index in [2.05, 4.69) is 0 Å². The van der Waals surface area contributed by atoms with Gasteiger partial charge in [-0.3, -0.25) is 0 Å². The van der Waals surface area contributed by atoms with Gasteiger partial charge in [-0.05, 0) is 6.42 Å². The molecule has 0 N–H and O–H groups in total. The summed E-state index contributed by atoms with van der Waals surface area (Å²) in [6.07, 6.45) is 3.04. The van der Waals surface area contributed by atoms with Crippen LogP contribution in [0.15, 0.2) is 23.4 Å². The molecule has 0 aromatic rings. The fourth-order valence-electron chi connectivity index (χ4n) is 1.91. The zero-order valence-corrected chi connectivity index (χ0v) is 8.16. The van der Waals surface area contributed by atoms with Gasteiger partial charge < -0.3 is 14.2 Å². The molecule has 0 heterocycles. The molecule has 2 aliphatic carbocycles. The number of methoxy groups -OCH3 is 3. The van der Waals surface area contributed by atoms with Crippen LogP contribution in [0, 0.1) is 11.8 Å². The molecule has 2 atom stereocenters. The predicted octanol–water partition coefficient (Wildman–Crippen LogP) is 1.67. The highest BCUT2D eigenvalue weighted by molar-refractivity contribution is 5.34. The fraction of sp³-hybridized carbons (Fsp3) is 0.600. The number of rotatable bonds is 3. The fourth-order valence-corrected chi connectivity index (χ4v) is 1.91. The standard InChI is InChI=1S/C10H14O3/c1-11-8-5-9(12-2)10(13-3)7-4-6(7)8/h5-7H,4H2,1-3H3/t6?,7-/m0/s1. The van der Waals surface area contributed by atoms with E-state index in [0.717, 1.165) is 23.7 Å². The molecule has 0 amide bonds. The number of fused-ring (bicyclic) bond motifs is 1. The minimum atomic E-state index is 0.486. The van der Waals surface area contributed by atoms with E-state index in [1.807, 2.05) is 6.08 Å². The normalized spacial score (nSPS) is 30.5. The lowest BCUT2D eigenvalue weighted by molar-refractivity contribution is 0.194. The molecule has 0 aromatic carbocycles. The van der Waals surface area contributed by atoms with Crippen molar-refractivity contribution in [3.63, 3.8) is 0 Å². The van der Waals surface area contributed by atoms with Crippen LogP contribution in [0.1, 0.15) is 6.42 Å². The van der Waals surface area contributed by atoms with Crippen molar-refractivity contribution in [3.8, 4) is 0 Å². The van der Waals surface area contributed by atoms with Crippen molar-refractivity contribution in [3.05, 3.63) is 23.4 Å². The Kier molecular flexibility index (Phi) is 1.94. The van der Waals surface area contributed by atoms with Gasteiger partial charge in [-0.2, -0.15) is 0 Å². The molecule has 3 nitrogen and oxygen atoms in total. The van der Waals surface area contributed by atoms with Crippen LogP contribution in [0.4, 0.5) is 0 Å². The number of hydrogen-bond acceptors (Lipinski definition) is 3. The summed E-state index contributed by atoms with van der Waals surface area (Å²) < 4.78 is 15.8. The summed E-state index contributed by atoms with van der Waals surface area (Å²) in [7, 11) is 5.04. The second-order valence-corrected chi connectivity index (χ2v) is 3.34. The van der Waals surface area contributed by atoms with Crippen LogP contribution in [0.5, 0.6) is 0 Å². The lowest BCUT2D eigenvalue weighted by Gasteiger charge is -2.16. The van der Waals surface area contributed by atoms with Crippen molar-refractivity contribution in [2.24, 2.45) is 11.8 Å². The topological polar surface area (TPSA) is 27.7 Å². The van der Waals surface area contributed by atoms with Gasteiger partial charge in [-0.1, -0.05) is 0 Å². The van der Waals surface area contributed by atoms with Crippen LogP contribution in [0.3, 0.4) is 0 Å². The molecule has 1 saturated carbocycles. The molecular weight excluding hydrogens is 168 g/mol. The average molecular weight is 182 g/mol. The lowest BCUT2D eigenvalue weighted by atomic mass is 10.1. The molecule has 1 fully saturated rings. The molecule has 3 heteroatoms. The minimum absolute atomic E-state index is 0.486. The molecule has 1 unspecified atom stereocenters. The predicted molar refractivity (Wildman–Crippen MR) is 47.7 cm³/mol. The molecule has 0 aliphatic heterocycles. The molecule has 0 spiro atoms. The van der Waals surface area contributed by atoms with Crippen molar-refractivity contribution in [2.75, 3.05) is 21.3 Å². The highest BCUT2D eigenvalue weighted by Gasteiger charge is 2.48. The third kappa shape index (κ3) is 1.19. The first-order valence-electron chi connectivity index (χ1n) is 4.39. The second-order valence-electron chi connectivity index (χ2n) is 3.34. The molecule has 0 saturated heterocycles. The van der Waals surface area contributed by atoms with Gasteiger partial charge >= 0.3 is 0 Å². The Bertz CT molecular complexity index is 278. The monoisotopic (exact) mass is 182 g/mol. The van der Waals surface area contributed by atoms with E-state index in [0.29, 0.717) is 11.8 Å². The van der Waals surface area contributed by atoms with E-state index in [-0.39, 0.29) is 0 Å². The van der Waals surface area contributed by atoms with Crippen LogP contribution in [-0.4, -0.2) is 21.3 Å². The van der Waals surface area contributed by atoms with Gasteiger partial charge in [0, 0.05) is 17.9 Å². The molecule has 0 radical (unpaired) electrons. The van der Waals surface area contributed by atoms with Crippen LogP contribution in [0.25, 0.3) is 0 Å². The second kappa shape index (κ2) is 2.98. The van der Waals surface area contributed by atoms with Crippen LogP contribution in [-0.2, 0) is 14.2 Å². The van der Waals surface area contributed by atoms with Crippen LogP contribution < -0.4 is 0 Å². The Morgan fingerprint density at radius 3 is 2.38 bits per heavy atom. The Hall–Kier alpha value is -1.12. The Balaban J connectivity index is 2.31. The summed E-state index contributed by atoms with van der Waals surface area (Å²) in [5.41, 5.74) is 0. The smallest absolute Gasteiger partial charge is 0.160 e. The number of ether oxygens (including phenoxy) is 3. The number of hydrogen-bond donors (Lipinski definition) is 0. The van der Waals surface area contributed by atoms with Crippen LogP contribution in [0.2, 0.25) is 0 Å². The molecule has 2 aliphatic rings. The summed E-state index contributed by atoms with van der Waals surface area (Å²) in [4.78, 5) is 0. The van der Waals surface area contributed by atoms with Gasteiger partial charge in [-0.25, -0.2) is 0 Å². The van der Waals surface area contributed by atoms with E-state index in [9.17, 15) is 0 Å². The van der Waals surface area contributed by atoms with E-state index in [1.54, 1.807) is 21.3 Å². The van der Waals surface area contributed by atoms with Crippen molar-refractivity contribution in [2.45, 2.75) is 6.42 Å². The van der Waals surface area contributed by atoms with E-state index >= 15 is 0 Å². The summed E-state index contributed by atoms with van der Waals surface area (Å²) in [6, 6.07) is 0. The van der Waals surface area contributed by atoms with Gasteiger partial charge in [0.15, 0.2) is 5.76 Å². The third-order valence-electron chi connectivity index (χ3n) is 2.68. The average Bonchev–Trinajstić information content (AvgIpc) is 2.94. The van der Waals surface area contributed by atoms with Gasteiger partial charge in [0.1, 0.15) is 11.5 Å². The highest BCUT2D eigenvalue weighted by atomic mass is 16.5. The van der Waals surface area contributed by atoms with Crippen LogP contribution >= 0.6 is 0 Å². The largest absolute Gasteiger partial charge is 0.501 e. The third-order valence-corrected chi connectivity index (χ3v) is 2.68. The van der Waals surface area contributed by atoms with Gasteiger partial charge in [-0.15, -0.1) is 0 Å². The maximum Gasteiger partial charge on any atom is 0.160 e. The first-order chi connectivity index (χ1) is 6.31. The zero-order valence-electron chi connectivity index (χ0n) is 8.16. The lowest BCUT2D eigenvalue weighted by Crippen LogP contribution is -2.07. The summed E-state index contributed by atoms with van der Waals surface area (Å²) >= 11 is 0. The van der Waals surface area contributed by atoms with Gasteiger partial charge in [0.25, 0.3) is 0 Å². The van der Waals surface area contributed by atoms with E-state index in [1.165, 1.54) is 0 Å². The summed E-state index contributed by atoms with van der Waals surface area (Å²) in [5.74, 6) is 3.80. The quantitative estimate of drug-likeness (QED) is 0.664. The maximum atomic E-state index is 5.30.